The SMILES string of the molecule is CC(=O)N(CCC(=O)NCc1cccc(C)c1)C1CCCCC1. The third-order valence-corrected chi connectivity index (χ3v) is 4.57. The molecule has 2 rings (SSSR count). The van der Waals surface area contributed by atoms with Crippen molar-refractivity contribution in [3.8, 4) is 0 Å². The van der Waals surface area contributed by atoms with E-state index in [0.29, 0.717) is 25.6 Å². The predicted octanol–water partition coefficient (Wildman–Crippen LogP) is 3.18. The average molecular weight is 316 g/mol. The van der Waals surface area contributed by atoms with E-state index >= 15 is 0 Å². The fourth-order valence-electron chi connectivity index (χ4n) is 3.32. The Bertz CT molecular complexity index is 536. The van der Waals surface area contributed by atoms with Gasteiger partial charge in [0.05, 0.1) is 0 Å². The van der Waals surface area contributed by atoms with E-state index in [2.05, 4.69) is 11.4 Å². The molecule has 1 aliphatic rings. The maximum atomic E-state index is 12.1. The van der Waals surface area contributed by atoms with Gasteiger partial charge in [-0.15, -0.1) is 0 Å². The number of rotatable bonds is 6. The van der Waals surface area contributed by atoms with Crippen LogP contribution >= 0.6 is 0 Å². The van der Waals surface area contributed by atoms with Crippen LogP contribution in [-0.2, 0) is 16.1 Å². The summed E-state index contributed by atoms with van der Waals surface area (Å²) < 4.78 is 0. The van der Waals surface area contributed by atoms with Gasteiger partial charge in [0.15, 0.2) is 0 Å². The average Bonchev–Trinajstić information content (AvgIpc) is 2.54. The second-order valence-electron chi connectivity index (χ2n) is 6.52. The first-order valence-corrected chi connectivity index (χ1v) is 8.65. The number of hydrogen-bond donors (Lipinski definition) is 1. The maximum Gasteiger partial charge on any atom is 0.222 e. The maximum absolute atomic E-state index is 12.1. The van der Waals surface area contributed by atoms with Gasteiger partial charge in [-0.25, -0.2) is 0 Å². The first-order valence-electron chi connectivity index (χ1n) is 8.65. The van der Waals surface area contributed by atoms with E-state index in [4.69, 9.17) is 0 Å². The molecule has 1 aromatic carbocycles. The number of nitrogens with zero attached hydrogens (tertiary/aromatic N) is 1. The molecule has 1 fully saturated rings. The van der Waals surface area contributed by atoms with Gasteiger partial charge in [-0.2, -0.15) is 0 Å². The Morgan fingerprint density at radius 2 is 1.96 bits per heavy atom. The summed E-state index contributed by atoms with van der Waals surface area (Å²) >= 11 is 0. The lowest BCUT2D eigenvalue weighted by Crippen LogP contribution is -2.42. The van der Waals surface area contributed by atoms with Crippen LogP contribution in [0.25, 0.3) is 0 Å². The summed E-state index contributed by atoms with van der Waals surface area (Å²) in [6, 6.07) is 8.45. The Hall–Kier alpha value is -1.84. The highest BCUT2D eigenvalue weighted by Crippen LogP contribution is 2.22. The van der Waals surface area contributed by atoms with Crippen molar-refractivity contribution >= 4 is 11.8 Å². The largest absolute Gasteiger partial charge is 0.352 e. The molecule has 0 radical (unpaired) electrons. The van der Waals surface area contributed by atoms with Crippen LogP contribution in [0.1, 0.15) is 56.6 Å². The number of aryl methyl sites for hydroxylation is 1. The molecule has 0 heterocycles. The van der Waals surface area contributed by atoms with Crippen molar-refractivity contribution in [1.82, 2.24) is 10.2 Å². The molecule has 1 aliphatic carbocycles. The van der Waals surface area contributed by atoms with E-state index < -0.39 is 0 Å². The monoisotopic (exact) mass is 316 g/mol. The molecule has 1 N–H and O–H groups in total. The molecule has 0 saturated heterocycles. The molecular weight excluding hydrogens is 288 g/mol. The van der Waals surface area contributed by atoms with Gasteiger partial charge in [0.2, 0.25) is 11.8 Å². The summed E-state index contributed by atoms with van der Waals surface area (Å²) in [6.45, 7) is 4.73. The van der Waals surface area contributed by atoms with Crippen molar-refractivity contribution in [1.29, 1.82) is 0 Å². The molecule has 0 atom stereocenters. The van der Waals surface area contributed by atoms with E-state index in [1.165, 1.54) is 24.8 Å². The van der Waals surface area contributed by atoms with E-state index in [-0.39, 0.29) is 11.8 Å². The molecule has 0 spiro atoms. The van der Waals surface area contributed by atoms with Crippen molar-refractivity contribution in [3.63, 3.8) is 0 Å². The number of benzene rings is 1. The number of nitrogens with one attached hydrogen (secondary N) is 1. The molecule has 0 aromatic heterocycles. The highest BCUT2D eigenvalue weighted by atomic mass is 16.2. The van der Waals surface area contributed by atoms with Crippen molar-refractivity contribution < 1.29 is 9.59 Å². The molecule has 4 heteroatoms. The molecule has 0 unspecified atom stereocenters. The number of carbonyl (C=O) groups excluding carboxylic acids is 2. The Kier molecular flexibility index (Phi) is 6.63. The Morgan fingerprint density at radius 3 is 2.61 bits per heavy atom. The van der Waals surface area contributed by atoms with Crippen LogP contribution in [-0.4, -0.2) is 29.3 Å². The third kappa shape index (κ3) is 5.70. The lowest BCUT2D eigenvalue weighted by molar-refractivity contribution is -0.132. The normalized spacial score (nSPS) is 15.2. The quantitative estimate of drug-likeness (QED) is 0.876. The smallest absolute Gasteiger partial charge is 0.222 e. The lowest BCUT2D eigenvalue weighted by Gasteiger charge is -2.33. The van der Waals surface area contributed by atoms with Gasteiger partial charge in [-0.1, -0.05) is 49.1 Å². The van der Waals surface area contributed by atoms with Crippen LogP contribution in [0.3, 0.4) is 0 Å². The second-order valence-corrected chi connectivity index (χ2v) is 6.52. The third-order valence-electron chi connectivity index (χ3n) is 4.57. The van der Waals surface area contributed by atoms with Gasteiger partial charge < -0.3 is 10.2 Å². The molecule has 4 nitrogen and oxygen atoms in total. The van der Waals surface area contributed by atoms with Crippen molar-refractivity contribution in [2.45, 2.75) is 65.0 Å². The fraction of sp³-hybridized carbons (Fsp3) is 0.579. The zero-order chi connectivity index (χ0) is 16.7. The standard InChI is InChI=1S/C19H28N2O2/c1-15-7-6-8-17(13-15)14-20-19(23)11-12-21(16(2)22)18-9-4-3-5-10-18/h6-8,13,18H,3-5,9-12,14H2,1-2H3,(H,20,23). The first kappa shape index (κ1) is 17.5. The van der Waals surface area contributed by atoms with Crippen molar-refractivity contribution in [2.75, 3.05) is 6.54 Å². The van der Waals surface area contributed by atoms with Crippen LogP contribution in [0.2, 0.25) is 0 Å². The number of hydrogen-bond acceptors (Lipinski definition) is 2. The van der Waals surface area contributed by atoms with Gasteiger partial charge in [0, 0.05) is 32.5 Å². The molecule has 23 heavy (non-hydrogen) atoms. The van der Waals surface area contributed by atoms with Crippen LogP contribution in [0, 0.1) is 6.92 Å². The highest BCUT2D eigenvalue weighted by Gasteiger charge is 2.23. The summed E-state index contributed by atoms with van der Waals surface area (Å²) in [7, 11) is 0. The van der Waals surface area contributed by atoms with Crippen LogP contribution in [0.15, 0.2) is 24.3 Å². The Balaban J connectivity index is 1.78. The first-order chi connectivity index (χ1) is 11.1. The van der Waals surface area contributed by atoms with Gasteiger partial charge in [0.1, 0.15) is 0 Å². The Labute approximate surface area is 139 Å². The second kappa shape index (κ2) is 8.70. The summed E-state index contributed by atoms with van der Waals surface area (Å²) in [5.41, 5.74) is 2.30. The topological polar surface area (TPSA) is 49.4 Å². The minimum absolute atomic E-state index is 0.00793. The molecule has 0 bridgehead atoms. The molecular formula is C19H28N2O2. The molecule has 2 amide bonds. The zero-order valence-corrected chi connectivity index (χ0v) is 14.3. The number of amides is 2. The molecule has 1 aromatic rings. The van der Waals surface area contributed by atoms with Gasteiger partial charge in [0.25, 0.3) is 0 Å². The highest BCUT2D eigenvalue weighted by molar-refractivity contribution is 5.78. The van der Waals surface area contributed by atoms with E-state index in [0.717, 1.165) is 18.4 Å². The van der Waals surface area contributed by atoms with Gasteiger partial charge in [-0.05, 0) is 25.3 Å². The van der Waals surface area contributed by atoms with E-state index in [9.17, 15) is 9.59 Å². The van der Waals surface area contributed by atoms with Gasteiger partial charge in [-0.3, -0.25) is 9.59 Å². The summed E-state index contributed by atoms with van der Waals surface area (Å²) in [6.07, 6.45) is 6.16. The molecule has 126 valence electrons. The number of carbonyl (C=O) groups is 2. The van der Waals surface area contributed by atoms with Crippen molar-refractivity contribution in [3.05, 3.63) is 35.4 Å². The van der Waals surface area contributed by atoms with E-state index in [1.807, 2.05) is 30.0 Å². The van der Waals surface area contributed by atoms with E-state index in [1.54, 1.807) is 6.92 Å². The zero-order valence-electron chi connectivity index (χ0n) is 14.3. The predicted molar refractivity (Wildman–Crippen MR) is 91.9 cm³/mol. The van der Waals surface area contributed by atoms with Crippen LogP contribution in [0.4, 0.5) is 0 Å². The minimum Gasteiger partial charge on any atom is -0.352 e. The summed E-state index contributed by atoms with van der Waals surface area (Å²) in [4.78, 5) is 25.8. The Morgan fingerprint density at radius 1 is 1.22 bits per heavy atom. The van der Waals surface area contributed by atoms with Crippen molar-refractivity contribution in [2.24, 2.45) is 0 Å². The van der Waals surface area contributed by atoms with Gasteiger partial charge >= 0.3 is 0 Å². The van der Waals surface area contributed by atoms with Crippen LogP contribution < -0.4 is 5.32 Å². The molecule has 1 saturated carbocycles. The minimum atomic E-state index is 0.00793. The summed E-state index contributed by atoms with van der Waals surface area (Å²) in [5, 5.41) is 2.95. The summed E-state index contributed by atoms with van der Waals surface area (Å²) in [5.74, 6) is 0.0944. The van der Waals surface area contributed by atoms with Crippen LogP contribution in [0.5, 0.6) is 0 Å². The lowest BCUT2D eigenvalue weighted by atomic mass is 9.94. The molecule has 0 aliphatic heterocycles. The fourth-order valence-corrected chi connectivity index (χ4v) is 3.32.